The number of nitrogens with one attached hydrogen (secondary N) is 1. The Labute approximate surface area is 121 Å². The van der Waals surface area contributed by atoms with Crippen LogP contribution in [0.4, 0.5) is 0 Å². The fourth-order valence-corrected chi connectivity index (χ4v) is 2.38. The quantitative estimate of drug-likeness (QED) is 0.889. The van der Waals surface area contributed by atoms with Gasteiger partial charge in [0.25, 0.3) is 0 Å². The van der Waals surface area contributed by atoms with Crippen molar-refractivity contribution in [1.82, 2.24) is 5.32 Å². The molecule has 1 amide bonds. The molecule has 1 heterocycles. The highest BCUT2D eigenvalue weighted by Gasteiger charge is 2.26. The highest BCUT2D eigenvalue weighted by molar-refractivity contribution is 9.10. The zero-order valence-electron chi connectivity index (χ0n) is 10.8. The number of benzene rings is 1. The van der Waals surface area contributed by atoms with Gasteiger partial charge in [-0.3, -0.25) is 4.79 Å². The zero-order chi connectivity index (χ0) is 13.8. The molecule has 0 saturated carbocycles. The third-order valence-electron chi connectivity index (χ3n) is 3.36. The average molecular weight is 328 g/mol. The topological polar surface area (TPSA) is 58.6 Å². The van der Waals surface area contributed by atoms with Gasteiger partial charge in [-0.1, -0.05) is 28.1 Å². The molecule has 4 nitrogen and oxygen atoms in total. The number of carbonyl (C=O) groups excluding carboxylic acids is 1. The first-order valence-electron chi connectivity index (χ1n) is 6.39. The first-order valence-corrected chi connectivity index (χ1v) is 7.19. The Morgan fingerprint density at radius 1 is 1.47 bits per heavy atom. The number of hydrogen-bond donors (Lipinski definition) is 2. The van der Waals surface area contributed by atoms with Gasteiger partial charge < -0.3 is 15.2 Å². The van der Waals surface area contributed by atoms with Crippen LogP contribution in [0.1, 0.15) is 25.0 Å². The normalized spacial score (nSPS) is 21.9. The van der Waals surface area contributed by atoms with Gasteiger partial charge in [0.2, 0.25) is 5.91 Å². The maximum absolute atomic E-state index is 11.9. The van der Waals surface area contributed by atoms with Gasteiger partial charge in [0.15, 0.2) is 0 Å². The first kappa shape index (κ1) is 14.5. The number of rotatable bonds is 4. The second-order valence-electron chi connectivity index (χ2n) is 4.85. The van der Waals surface area contributed by atoms with E-state index in [4.69, 9.17) is 4.74 Å². The highest BCUT2D eigenvalue weighted by atomic mass is 79.9. The summed E-state index contributed by atoms with van der Waals surface area (Å²) in [6.45, 7) is 2.93. The van der Waals surface area contributed by atoms with Crippen molar-refractivity contribution in [2.24, 2.45) is 5.92 Å². The van der Waals surface area contributed by atoms with Crippen LogP contribution in [0.5, 0.6) is 0 Å². The maximum Gasteiger partial charge on any atom is 0.225 e. The molecule has 19 heavy (non-hydrogen) atoms. The molecule has 0 spiro atoms. The van der Waals surface area contributed by atoms with Gasteiger partial charge in [0.05, 0.1) is 24.7 Å². The molecule has 0 aliphatic carbocycles. The van der Waals surface area contributed by atoms with E-state index >= 15 is 0 Å². The monoisotopic (exact) mass is 327 g/mol. The number of hydrogen-bond acceptors (Lipinski definition) is 3. The van der Waals surface area contributed by atoms with Gasteiger partial charge in [-0.2, -0.15) is 0 Å². The highest BCUT2D eigenvalue weighted by Crippen LogP contribution is 2.20. The predicted octanol–water partition coefficient (Wildman–Crippen LogP) is 2.02. The predicted molar refractivity (Wildman–Crippen MR) is 75.6 cm³/mol. The first-order chi connectivity index (χ1) is 9.08. The van der Waals surface area contributed by atoms with E-state index < -0.39 is 6.10 Å². The van der Waals surface area contributed by atoms with Crippen molar-refractivity contribution >= 4 is 21.8 Å². The summed E-state index contributed by atoms with van der Waals surface area (Å²) in [4.78, 5) is 11.9. The summed E-state index contributed by atoms with van der Waals surface area (Å²) in [6, 6.07) is 7.11. The summed E-state index contributed by atoms with van der Waals surface area (Å²) in [5, 5.41) is 13.1. The minimum absolute atomic E-state index is 0.0406. The van der Waals surface area contributed by atoms with Crippen LogP contribution in [0.2, 0.25) is 0 Å². The minimum atomic E-state index is -0.709. The lowest BCUT2D eigenvalue weighted by atomic mass is 10.0. The number of aliphatic hydroxyl groups excluding tert-OH is 1. The number of halogens is 1. The molecule has 1 aliphatic rings. The molecule has 1 aliphatic heterocycles. The van der Waals surface area contributed by atoms with E-state index in [2.05, 4.69) is 21.2 Å². The second kappa shape index (κ2) is 6.50. The van der Waals surface area contributed by atoms with Crippen LogP contribution in [0.3, 0.4) is 0 Å². The van der Waals surface area contributed by atoms with Gasteiger partial charge in [0.1, 0.15) is 0 Å². The molecule has 3 unspecified atom stereocenters. The molecule has 104 valence electrons. The SMILES string of the molecule is CC(NC(=O)C1CCOC1)C(O)c1ccc(Br)cc1. The number of ether oxygens (including phenoxy) is 1. The Balaban J connectivity index is 1.93. The van der Waals surface area contributed by atoms with Crippen LogP contribution >= 0.6 is 15.9 Å². The van der Waals surface area contributed by atoms with Crippen molar-refractivity contribution in [3.8, 4) is 0 Å². The molecule has 3 atom stereocenters. The lowest BCUT2D eigenvalue weighted by Gasteiger charge is -2.22. The van der Waals surface area contributed by atoms with Crippen molar-refractivity contribution in [1.29, 1.82) is 0 Å². The van der Waals surface area contributed by atoms with E-state index in [0.717, 1.165) is 16.5 Å². The molecule has 0 bridgehead atoms. The Kier molecular flexibility index (Phi) is 4.96. The van der Waals surface area contributed by atoms with Gasteiger partial charge >= 0.3 is 0 Å². The average Bonchev–Trinajstić information content (AvgIpc) is 2.92. The molecule has 2 N–H and O–H groups in total. The smallest absolute Gasteiger partial charge is 0.225 e. The van der Waals surface area contributed by atoms with Crippen molar-refractivity contribution in [2.45, 2.75) is 25.5 Å². The maximum atomic E-state index is 11.9. The molecule has 0 radical (unpaired) electrons. The third kappa shape index (κ3) is 3.78. The molecule has 1 aromatic rings. The molecule has 1 aromatic carbocycles. The number of carbonyl (C=O) groups is 1. The van der Waals surface area contributed by atoms with E-state index in [1.165, 1.54) is 0 Å². The van der Waals surface area contributed by atoms with Crippen LogP contribution < -0.4 is 5.32 Å². The lowest BCUT2D eigenvalue weighted by molar-refractivity contribution is -0.126. The van der Waals surface area contributed by atoms with Gasteiger partial charge in [-0.25, -0.2) is 0 Å². The van der Waals surface area contributed by atoms with Crippen molar-refractivity contribution in [3.05, 3.63) is 34.3 Å². The minimum Gasteiger partial charge on any atom is -0.386 e. The van der Waals surface area contributed by atoms with E-state index in [9.17, 15) is 9.90 Å². The Hall–Kier alpha value is -0.910. The summed E-state index contributed by atoms with van der Waals surface area (Å²) < 4.78 is 6.15. The molecule has 1 saturated heterocycles. The van der Waals surface area contributed by atoms with Crippen molar-refractivity contribution in [3.63, 3.8) is 0 Å². The summed E-state index contributed by atoms with van der Waals surface area (Å²) in [7, 11) is 0. The molecule has 1 fully saturated rings. The molecule has 2 rings (SSSR count). The largest absolute Gasteiger partial charge is 0.386 e. The zero-order valence-corrected chi connectivity index (χ0v) is 12.4. The molecular weight excluding hydrogens is 310 g/mol. The Morgan fingerprint density at radius 2 is 2.16 bits per heavy atom. The van der Waals surface area contributed by atoms with Crippen LogP contribution in [0.25, 0.3) is 0 Å². The standard InChI is InChI=1S/C14H18BrNO3/c1-9(16-14(18)11-6-7-19-8-11)13(17)10-2-4-12(15)5-3-10/h2-5,9,11,13,17H,6-8H2,1H3,(H,16,18). The van der Waals surface area contributed by atoms with Crippen LogP contribution in [-0.2, 0) is 9.53 Å². The summed E-state index contributed by atoms with van der Waals surface area (Å²) in [5.74, 6) is -0.124. The van der Waals surface area contributed by atoms with E-state index in [1.54, 1.807) is 6.92 Å². The number of amides is 1. The van der Waals surface area contributed by atoms with Crippen molar-refractivity contribution in [2.75, 3.05) is 13.2 Å². The lowest BCUT2D eigenvalue weighted by Crippen LogP contribution is -2.40. The van der Waals surface area contributed by atoms with E-state index in [-0.39, 0.29) is 17.9 Å². The molecule has 0 aromatic heterocycles. The van der Waals surface area contributed by atoms with Gasteiger partial charge in [-0.15, -0.1) is 0 Å². The van der Waals surface area contributed by atoms with E-state index in [0.29, 0.717) is 13.2 Å². The van der Waals surface area contributed by atoms with Gasteiger partial charge in [0, 0.05) is 11.1 Å². The van der Waals surface area contributed by atoms with E-state index in [1.807, 2.05) is 24.3 Å². The Morgan fingerprint density at radius 3 is 2.74 bits per heavy atom. The fraction of sp³-hybridized carbons (Fsp3) is 0.500. The summed E-state index contributed by atoms with van der Waals surface area (Å²) in [5.41, 5.74) is 0.790. The Bertz CT molecular complexity index is 429. The van der Waals surface area contributed by atoms with Crippen LogP contribution in [0.15, 0.2) is 28.7 Å². The molecular formula is C14H18BrNO3. The third-order valence-corrected chi connectivity index (χ3v) is 3.88. The second-order valence-corrected chi connectivity index (χ2v) is 5.77. The van der Waals surface area contributed by atoms with Crippen molar-refractivity contribution < 1.29 is 14.6 Å². The fourth-order valence-electron chi connectivity index (χ4n) is 2.11. The van der Waals surface area contributed by atoms with Gasteiger partial charge in [-0.05, 0) is 31.0 Å². The van der Waals surface area contributed by atoms with Crippen LogP contribution in [-0.4, -0.2) is 30.3 Å². The molecule has 5 heteroatoms. The summed E-state index contributed by atoms with van der Waals surface area (Å²) >= 11 is 3.35. The number of aliphatic hydroxyl groups is 1. The van der Waals surface area contributed by atoms with Crippen LogP contribution in [0, 0.1) is 5.92 Å². The summed E-state index contributed by atoms with van der Waals surface area (Å²) in [6.07, 6.45) is 0.0480.